The van der Waals surface area contributed by atoms with Gasteiger partial charge in [0.2, 0.25) is 5.76 Å². The SMILES string of the molecule is CCCCCCOc1ccc(C2c3c(oc4ccccc4c3=O)C(=O)N2c2ccc(C)cc2)cc1OC. The maximum atomic E-state index is 13.7. The van der Waals surface area contributed by atoms with Crippen molar-refractivity contribution in [3.8, 4) is 11.5 Å². The summed E-state index contributed by atoms with van der Waals surface area (Å²) in [6.07, 6.45) is 4.44. The summed E-state index contributed by atoms with van der Waals surface area (Å²) in [7, 11) is 1.59. The molecule has 1 aromatic heterocycles. The van der Waals surface area contributed by atoms with E-state index in [9.17, 15) is 9.59 Å². The Morgan fingerprint density at radius 2 is 1.70 bits per heavy atom. The van der Waals surface area contributed by atoms with Gasteiger partial charge in [0.05, 0.1) is 30.7 Å². The molecule has 0 N–H and O–H groups in total. The van der Waals surface area contributed by atoms with Crippen LogP contribution in [0.4, 0.5) is 5.69 Å². The molecule has 0 radical (unpaired) electrons. The van der Waals surface area contributed by atoms with Crippen LogP contribution in [0, 0.1) is 6.92 Å². The van der Waals surface area contributed by atoms with Crippen LogP contribution >= 0.6 is 0 Å². The number of unbranched alkanes of at least 4 members (excludes halogenated alkanes) is 3. The molecular formula is C31H31NO5. The lowest BCUT2D eigenvalue weighted by atomic mass is 9.97. The quantitative estimate of drug-likeness (QED) is 0.237. The Kier molecular flexibility index (Phi) is 6.99. The van der Waals surface area contributed by atoms with Crippen molar-refractivity contribution in [3.05, 3.63) is 99.4 Å². The molecule has 0 aliphatic carbocycles. The highest BCUT2D eigenvalue weighted by molar-refractivity contribution is 6.10. The highest BCUT2D eigenvalue weighted by Crippen LogP contribution is 2.43. The number of anilines is 1. The molecule has 0 fully saturated rings. The third-order valence-corrected chi connectivity index (χ3v) is 6.85. The summed E-state index contributed by atoms with van der Waals surface area (Å²) in [5.41, 5.74) is 3.02. The molecule has 1 unspecified atom stereocenters. The van der Waals surface area contributed by atoms with Gasteiger partial charge in [-0.1, -0.05) is 62.1 Å². The number of para-hydroxylation sites is 1. The highest BCUT2D eigenvalue weighted by atomic mass is 16.5. The van der Waals surface area contributed by atoms with Crippen LogP contribution in [0.3, 0.4) is 0 Å². The number of hydrogen-bond donors (Lipinski definition) is 0. The van der Waals surface area contributed by atoms with E-state index in [4.69, 9.17) is 13.9 Å². The molecule has 0 saturated carbocycles. The Morgan fingerprint density at radius 1 is 0.919 bits per heavy atom. The third-order valence-electron chi connectivity index (χ3n) is 6.85. The fourth-order valence-electron chi connectivity index (χ4n) is 4.89. The Balaban J connectivity index is 1.61. The summed E-state index contributed by atoms with van der Waals surface area (Å²) < 4.78 is 17.7. The summed E-state index contributed by atoms with van der Waals surface area (Å²) in [5, 5.41) is 0.448. The fourth-order valence-corrected chi connectivity index (χ4v) is 4.89. The van der Waals surface area contributed by atoms with Crippen LogP contribution in [-0.2, 0) is 0 Å². The lowest BCUT2D eigenvalue weighted by Crippen LogP contribution is -2.29. The Bertz CT molecular complexity index is 1490. The zero-order valence-electron chi connectivity index (χ0n) is 21.5. The van der Waals surface area contributed by atoms with Crippen LogP contribution in [0.5, 0.6) is 11.5 Å². The molecule has 6 heteroatoms. The van der Waals surface area contributed by atoms with Crippen molar-refractivity contribution in [1.82, 2.24) is 0 Å². The molecule has 6 nitrogen and oxygen atoms in total. The van der Waals surface area contributed by atoms with E-state index < -0.39 is 6.04 Å². The topological polar surface area (TPSA) is 69.0 Å². The molecule has 37 heavy (non-hydrogen) atoms. The minimum Gasteiger partial charge on any atom is -0.493 e. The standard InChI is InChI=1S/C31H31NO5/c1-4-5-6-9-18-36-25-17-14-21(19-26(25)35-3)28-27-29(33)23-10-7-8-11-24(23)37-30(27)31(34)32(28)22-15-12-20(2)13-16-22/h7-8,10-17,19,28H,4-6,9,18H2,1-3H3. The van der Waals surface area contributed by atoms with E-state index in [1.807, 2.05) is 49.4 Å². The summed E-state index contributed by atoms with van der Waals surface area (Å²) in [5.74, 6) is 0.925. The van der Waals surface area contributed by atoms with E-state index in [1.54, 1.807) is 36.3 Å². The number of fused-ring (bicyclic) bond motifs is 2. The van der Waals surface area contributed by atoms with Gasteiger partial charge in [-0.05, 0) is 55.3 Å². The Morgan fingerprint density at radius 3 is 2.46 bits per heavy atom. The van der Waals surface area contributed by atoms with Crippen molar-refractivity contribution < 1.29 is 18.7 Å². The van der Waals surface area contributed by atoms with Crippen molar-refractivity contribution in [2.24, 2.45) is 0 Å². The second-order valence-corrected chi connectivity index (χ2v) is 9.40. The van der Waals surface area contributed by atoms with Crippen LogP contribution < -0.4 is 19.8 Å². The van der Waals surface area contributed by atoms with Crippen LogP contribution in [-0.4, -0.2) is 19.6 Å². The minimum absolute atomic E-state index is 0.0736. The molecule has 1 atom stereocenters. The van der Waals surface area contributed by atoms with E-state index in [0.29, 0.717) is 40.3 Å². The first-order valence-corrected chi connectivity index (χ1v) is 12.8. The van der Waals surface area contributed by atoms with Gasteiger partial charge in [0.25, 0.3) is 5.91 Å². The molecule has 1 amide bonds. The predicted octanol–water partition coefficient (Wildman–Crippen LogP) is 6.82. The van der Waals surface area contributed by atoms with Crippen molar-refractivity contribution >= 4 is 22.6 Å². The Labute approximate surface area is 216 Å². The average molecular weight is 498 g/mol. The highest BCUT2D eigenvalue weighted by Gasteiger charge is 2.43. The monoisotopic (exact) mass is 497 g/mol. The maximum Gasteiger partial charge on any atom is 0.295 e. The van der Waals surface area contributed by atoms with Gasteiger partial charge < -0.3 is 13.9 Å². The molecule has 3 aromatic carbocycles. The lowest BCUT2D eigenvalue weighted by molar-refractivity contribution is 0.0971. The van der Waals surface area contributed by atoms with E-state index in [2.05, 4.69) is 6.92 Å². The smallest absolute Gasteiger partial charge is 0.295 e. The second kappa shape index (κ2) is 10.5. The summed E-state index contributed by atoms with van der Waals surface area (Å²) >= 11 is 0. The first kappa shape index (κ1) is 24.6. The van der Waals surface area contributed by atoms with Crippen LogP contribution in [0.15, 0.2) is 75.9 Å². The van der Waals surface area contributed by atoms with Gasteiger partial charge in [-0.15, -0.1) is 0 Å². The largest absolute Gasteiger partial charge is 0.493 e. The van der Waals surface area contributed by atoms with Crippen LogP contribution in [0.1, 0.15) is 65.9 Å². The molecule has 4 aromatic rings. The van der Waals surface area contributed by atoms with E-state index in [0.717, 1.165) is 24.0 Å². The number of benzene rings is 3. The van der Waals surface area contributed by atoms with Crippen molar-refractivity contribution in [3.63, 3.8) is 0 Å². The van der Waals surface area contributed by atoms with Gasteiger partial charge in [-0.25, -0.2) is 0 Å². The van der Waals surface area contributed by atoms with Crippen molar-refractivity contribution in [2.75, 3.05) is 18.6 Å². The number of aryl methyl sites for hydroxylation is 1. The van der Waals surface area contributed by atoms with Crippen molar-refractivity contribution in [1.29, 1.82) is 0 Å². The van der Waals surface area contributed by atoms with Crippen molar-refractivity contribution in [2.45, 2.75) is 45.6 Å². The predicted molar refractivity (Wildman–Crippen MR) is 145 cm³/mol. The van der Waals surface area contributed by atoms with Gasteiger partial charge in [0, 0.05) is 5.69 Å². The second-order valence-electron chi connectivity index (χ2n) is 9.40. The van der Waals surface area contributed by atoms with Crippen LogP contribution in [0.2, 0.25) is 0 Å². The molecule has 0 spiro atoms. The van der Waals surface area contributed by atoms with E-state index in [1.165, 1.54) is 12.8 Å². The first-order chi connectivity index (χ1) is 18.0. The number of rotatable bonds is 9. The number of hydrogen-bond acceptors (Lipinski definition) is 5. The number of amides is 1. The normalized spacial score (nSPS) is 14.7. The van der Waals surface area contributed by atoms with Gasteiger partial charge in [0.1, 0.15) is 5.58 Å². The van der Waals surface area contributed by atoms with E-state index in [-0.39, 0.29) is 17.1 Å². The molecule has 0 saturated heterocycles. The fraction of sp³-hybridized carbons (Fsp3) is 0.290. The van der Waals surface area contributed by atoms with Gasteiger partial charge in [0.15, 0.2) is 16.9 Å². The molecule has 2 heterocycles. The molecule has 190 valence electrons. The first-order valence-electron chi connectivity index (χ1n) is 12.8. The minimum atomic E-state index is -0.668. The zero-order chi connectivity index (χ0) is 25.9. The van der Waals surface area contributed by atoms with E-state index >= 15 is 0 Å². The van der Waals surface area contributed by atoms with Gasteiger partial charge in [-0.2, -0.15) is 0 Å². The van der Waals surface area contributed by atoms with Crippen LogP contribution in [0.25, 0.3) is 11.0 Å². The van der Waals surface area contributed by atoms with Gasteiger partial charge >= 0.3 is 0 Å². The number of ether oxygens (including phenoxy) is 2. The third kappa shape index (κ3) is 4.59. The van der Waals surface area contributed by atoms with Gasteiger partial charge in [-0.3, -0.25) is 14.5 Å². The molecular weight excluding hydrogens is 466 g/mol. The molecule has 0 bridgehead atoms. The Hall–Kier alpha value is -4.06. The summed E-state index contributed by atoms with van der Waals surface area (Å²) in [4.78, 5) is 29.1. The number of methoxy groups -OCH3 is 1. The molecule has 5 rings (SSSR count). The molecule has 1 aliphatic heterocycles. The maximum absolute atomic E-state index is 13.7. The number of nitrogens with zero attached hydrogens (tertiary/aromatic N) is 1. The average Bonchev–Trinajstić information content (AvgIpc) is 3.21. The lowest BCUT2D eigenvalue weighted by Gasteiger charge is -2.26. The number of carbonyl (C=O) groups excluding carboxylic acids is 1. The zero-order valence-corrected chi connectivity index (χ0v) is 21.5. The number of carbonyl (C=O) groups is 1. The summed E-state index contributed by atoms with van der Waals surface area (Å²) in [6.45, 7) is 4.77. The summed E-state index contributed by atoms with van der Waals surface area (Å²) in [6, 6.07) is 19.6. The molecule has 1 aliphatic rings.